The molecule has 34 heavy (non-hydrogen) atoms. The molecule has 3 heterocycles. The molecule has 1 atom stereocenters. The van der Waals surface area contributed by atoms with Crippen LogP contribution in [0, 0.1) is 12.8 Å². The largest absolute Gasteiger partial charge is 0.593 e. The molecule has 3 aromatic heterocycles. The third-order valence-corrected chi connectivity index (χ3v) is 7.40. The molecule has 174 valence electrons. The van der Waals surface area contributed by atoms with Crippen molar-refractivity contribution in [1.29, 1.82) is 0 Å². The average Bonchev–Trinajstić information content (AvgIpc) is 3.31. The zero-order chi connectivity index (χ0) is 23.7. The number of aryl methyl sites for hydroxylation is 1. The quantitative estimate of drug-likeness (QED) is 0.280. The van der Waals surface area contributed by atoms with Crippen LogP contribution in [0.25, 0.3) is 33.7 Å². The second kappa shape index (κ2) is 9.74. The number of hydrogen-bond donors (Lipinski definition) is 2. The highest BCUT2D eigenvalue weighted by Crippen LogP contribution is 2.32. The van der Waals surface area contributed by atoms with Crippen LogP contribution in [-0.2, 0) is 11.4 Å². The van der Waals surface area contributed by atoms with E-state index in [1.165, 1.54) is 18.9 Å². The Bertz CT molecular complexity index is 1370. The van der Waals surface area contributed by atoms with Crippen LogP contribution in [0.3, 0.4) is 0 Å². The van der Waals surface area contributed by atoms with Gasteiger partial charge in [0.15, 0.2) is 17.0 Å². The number of rotatable bonds is 6. The Morgan fingerprint density at radius 2 is 1.79 bits per heavy atom. The maximum absolute atomic E-state index is 13.0. The fraction of sp³-hybridized carbons (Fsp3) is 0.280. The molecule has 5 rings (SSSR count). The van der Waals surface area contributed by atoms with Crippen molar-refractivity contribution in [2.24, 2.45) is 5.92 Å². The molecule has 0 saturated heterocycles. The molecule has 0 amide bonds. The van der Waals surface area contributed by atoms with Crippen molar-refractivity contribution >= 4 is 39.9 Å². The monoisotopic (exact) mass is 493 g/mol. The molecule has 7 nitrogen and oxygen atoms in total. The number of aromatic nitrogens is 4. The van der Waals surface area contributed by atoms with E-state index in [9.17, 15) is 9.35 Å². The standard InChI is InChI=1S/C25H24ClN5O2S/c1-15-11-18(12-20(26)27-15)23-22(17-9-3-2-4-10-17)30-25-24(29-23)19(32)13-21(28-25)31-34(33)14-16-7-5-6-8-16/h2-4,9-13,16H,5-8,14H2,1H3,(H2,28,30,31,32). The number of nitrogens with one attached hydrogen (secondary N) is 2. The van der Waals surface area contributed by atoms with Crippen molar-refractivity contribution in [2.75, 3.05) is 10.5 Å². The number of benzene rings is 1. The van der Waals surface area contributed by atoms with E-state index in [0.29, 0.717) is 39.7 Å². The topological polar surface area (TPSA) is 107 Å². The first kappa shape index (κ1) is 22.8. The molecule has 1 aliphatic rings. The first-order valence-corrected chi connectivity index (χ1v) is 13.0. The molecule has 1 saturated carbocycles. The minimum atomic E-state index is -1.28. The molecule has 1 aliphatic carbocycles. The van der Waals surface area contributed by atoms with Crippen LogP contribution in [0.1, 0.15) is 31.4 Å². The summed E-state index contributed by atoms with van der Waals surface area (Å²) in [5.74, 6) is 1.41. The molecule has 2 N–H and O–H groups in total. The number of aromatic amines is 1. The number of anilines is 1. The van der Waals surface area contributed by atoms with Gasteiger partial charge in [-0.25, -0.2) is 15.0 Å². The van der Waals surface area contributed by atoms with E-state index in [0.717, 1.165) is 29.7 Å². The lowest BCUT2D eigenvalue weighted by Gasteiger charge is -2.16. The molecule has 1 unspecified atom stereocenters. The molecule has 0 aliphatic heterocycles. The van der Waals surface area contributed by atoms with E-state index < -0.39 is 11.4 Å². The van der Waals surface area contributed by atoms with Crippen molar-refractivity contribution in [2.45, 2.75) is 32.6 Å². The number of hydrogen-bond acceptors (Lipinski definition) is 6. The zero-order valence-electron chi connectivity index (χ0n) is 18.7. The van der Waals surface area contributed by atoms with Crippen molar-refractivity contribution in [3.63, 3.8) is 0 Å². The van der Waals surface area contributed by atoms with Crippen molar-refractivity contribution < 1.29 is 4.55 Å². The lowest BCUT2D eigenvalue weighted by Crippen LogP contribution is -2.23. The Hall–Kier alpha value is -2.94. The van der Waals surface area contributed by atoms with Gasteiger partial charge in [-0.1, -0.05) is 54.8 Å². The summed E-state index contributed by atoms with van der Waals surface area (Å²) < 4.78 is 15.6. The molecule has 4 aromatic rings. The van der Waals surface area contributed by atoms with E-state index in [1.807, 2.05) is 43.3 Å². The Labute approximate surface area is 205 Å². The van der Waals surface area contributed by atoms with Crippen LogP contribution in [0.15, 0.2) is 53.3 Å². The first-order chi connectivity index (χ1) is 16.5. The molecular formula is C25H24ClN5O2S. The van der Waals surface area contributed by atoms with Gasteiger partial charge in [-0.2, -0.15) is 4.72 Å². The summed E-state index contributed by atoms with van der Waals surface area (Å²) in [4.78, 5) is 29.8. The summed E-state index contributed by atoms with van der Waals surface area (Å²) in [6.07, 6.45) is 4.60. The Kier molecular flexibility index (Phi) is 6.54. The highest BCUT2D eigenvalue weighted by Gasteiger charge is 2.22. The van der Waals surface area contributed by atoms with E-state index in [2.05, 4.69) is 14.7 Å². The van der Waals surface area contributed by atoms with Crippen LogP contribution in [-0.4, -0.2) is 30.2 Å². The number of pyridine rings is 2. The third-order valence-electron chi connectivity index (χ3n) is 5.99. The third kappa shape index (κ3) is 4.94. The van der Waals surface area contributed by atoms with Gasteiger partial charge in [-0.15, -0.1) is 0 Å². The summed E-state index contributed by atoms with van der Waals surface area (Å²) in [6, 6.07) is 14.6. The molecule has 1 fully saturated rings. The van der Waals surface area contributed by atoms with Crippen molar-refractivity contribution in [3.05, 3.63) is 69.6 Å². The van der Waals surface area contributed by atoms with Crippen LogP contribution >= 0.6 is 11.6 Å². The van der Waals surface area contributed by atoms with Crippen LogP contribution in [0.5, 0.6) is 0 Å². The molecule has 9 heteroatoms. The van der Waals surface area contributed by atoms with E-state index in [1.54, 1.807) is 6.07 Å². The Morgan fingerprint density at radius 3 is 2.53 bits per heavy atom. The van der Waals surface area contributed by atoms with E-state index in [4.69, 9.17) is 21.6 Å². The predicted molar refractivity (Wildman–Crippen MR) is 137 cm³/mol. The normalized spacial score (nSPS) is 15.0. The number of fused-ring (bicyclic) bond motifs is 1. The van der Waals surface area contributed by atoms with E-state index in [-0.39, 0.29) is 10.9 Å². The minimum absolute atomic E-state index is 0.201. The highest BCUT2D eigenvalue weighted by atomic mass is 35.5. The fourth-order valence-corrected chi connectivity index (χ4v) is 5.88. The lowest BCUT2D eigenvalue weighted by atomic mass is 10.0. The van der Waals surface area contributed by atoms with Crippen LogP contribution < -0.4 is 10.2 Å². The number of halogens is 1. The number of H-pyrrole nitrogens is 1. The summed E-state index contributed by atoms with van der Waals surface area (Å²) in [7, 11) is 0. The fourth-order valence-electron chi connectivity index (χ4n) is 4.43. The molecule has 1 aromatic carbocycles. The van der Waals surface area contributed by atoms with Gasteiger partial charge >= 0.3 is 0 Å². The van der Waals surface area contributed by atoms with Gasteiger partial charge in [0.2, 0.25) is 5.43 Å². The summed E-state index contributed by atoms with van der Waals surface area (Å²) in [5.41, 5.74) is 3.68. The van der Waals surface area contributed by atoms with Crippen LogP contribution in [0.2, 0.25) is 5.15 Å². The van der Waals surface area contributed by atoms with Crippen LogP contribution in [0.4, 0.5) is 5.82 Å². The van der Waals surface area contributed by atoms with Gasteiger partial charge < -0.3 is 9.54 Å². The molecule has 0 spiro atoms. The molecule has 0 radical (unpaired) electrons. The smallest absolute Gasteiger partial charge is 0.211 e. The van der Waals surface area contributed by atoms with Gasteiger partial charge in [0.25, 0.3) is 0 Å². The second-order valence-electron chi connectivity index (χ2n) is 8.62. The molecular weight excluding hydrogens is 470 g/mol. The Balaban J connectivity index is 1.59. The zero-order valence-corrected chi connectivity index (χ0v) is 20.2. The lowest BCUT2D eigenvalue weighted by molar-refractivity contribution is 0.562. The van der Waals surface area contributed by atoms with Gasteiger partial charge in [0.05, 0.1) is 22.7 Å². The Morgan fingerprint density at radius 1 is 1.06 bits per heavy atom. The van der Waals surface area contributed by atoms with Gasteiger partial charge in [0, 0.05) is 28.8 Å². The summed E-state index contributed by atoms with van der Waals surface area (Å²) in [5, 5.41) is 0.342. The SMILES string of the molecule is Cc1cc(-c2nc3c(=O)cc(N[S+]([O-])CC4CCCC4)[nH]c3nc2-c2ccccc2)cc(Cl)n1. The maximum atomic E-state index is 13.0. The maximum Gasteiger partial charge on any atom is 0.211 e. The van der Waals surface area contributed by atoms with E-state index >= 15 is 0 Å². The highest BCUT2D eigenvalue weighted by molar-refractivity contribution is 7.92. The predicted octanol–water partition coefficient (Wildman–Crippen LogP) is 5.27. The summed E-state index contributed by atoms with van der Waals surface area (Å²) in [6.45, 7) is 1.85. The van der Waals surface area contributed by atoms with Gasteiger partial charge in [-0.05, 0) is 31.9 Å². The van der Waals surface area contributed by atoms with Gasteiger partial charge in [0.1, 0.15) is 10.9 Å². The average molecular weight is 494 g/mol. The summed E-state index contributed by atoms with van der Waals surface area (Å²) >= 11 is 4.93. The van der Waals surface area contributed by atoms with Gasteiger partial charge in [-0.3, -0.25) is 4.79 Å². The molecule has 0 bridgehead atoms. The second-order valence-corrected chi connectivity index (χ2v) is 10.2. The van der Waals surface area contributed by atoms with Crippen molar-refractivity contribution in [1.82, 2.24) is 19.9 Å². The number of nitrogens with zero attached hydrogens (tertiary/aromatic N) is 3. The first-order valence-electron chi connectivity index (χ1n) is 11.3. The van der Waals surface area contributed by atoms with Crippen molar-refractivity contribution in [3.8, 4) is 22.5 Å². The minimum Gasteiger partial charge on any atom is -0.593 e.